The lowest BCUT2D eigenvalue weighted by Gasteiger charge is -2.08. The molecule has 0 heterocycles. The first-order chi connectivity index (χ1) is 15.5. The molecule has 0 bridgehead atoms. The molecule has 6 heteroatoms. The summed E-state index contributed by atoms with van der Waals surface area (Å²) in [5.41, 5.74) is 2.22. The fraction of sp³-hybridized carbons (Fsp3) is 0.462. The van der Waals surface area contributed by atoms with Gasteiger partial charge in [0.1, 0.15) is 11.5 Å². The number of unbranched alkanes of at least 4 members (excludes halogenated alkanes) is 5. The summed E-state index contributed by atoms with van der Waals surface area (Å²) in [5.74, 6) is 1.26. The van der Waals surface area contributed by atoms with Crippen LogP contribution in [0.4, 0.5) is 0 Å². The van der Waals surface area contributed by atoms with Gasteiger partial charge in [-0.2, -0.15) is 0 Å². The maximum atomic E-state index is 11.8. The molecule has 0 saturated heterocycles. The number of carbonyl (C=O) groups excluding carboxylic acids is 2. The van der Waals surface area contributed by atoms with Gasteiger partial charge >= 0.3 is 0 Å². The van der Waals surface area contributed by atoms with Crippen molar-refractivity contribution in [2.24, 2.45) is 0 Å². The van der Waals surface area contributed by atoms with Gasteiger partial charge in [-0.25, -0.2) is 0 Å². The summed E-state index contributed by atoms with van der Waals surface area (Å²) in [5, 5.41) is 5.79. The first-order valence-electron chi connectivity index (χ1n) is 11.5. The van der Waals surface area contributed by atoms with Crippen LogP contribution in [0.15, 0.2) is 48.5 Å². The van der Waals surface area contributed by atoms with Gasteiger partial charge in [-0.05, 0) is 62.1 Å². The van der Waals surface area contributed by atoms with E-state index in [1.54, 1.807) is 0 Å². The van der Waals surface area contributed by atoms with Gasteiger partial charge in [0.25, 0.3) is 11.8 Å². The van der Waals surface area contributed by atoms with Crippen molar-refractivity contribution in [2.75, 3.05) is 26.3 Å². The highest BCUT2D eigenvalue weighted by Crippen LogP contribution is 2.12. The van der Waals surface area contributed by atoms with Crippen LogP contribution in [0.2, 0.25) is 0 Å². The first-order valence-corrected chi connectivity index (χ1v) is 11.5. The Labute approximate surface area is 191 Å². The summed E-state index contributed by atoms with van der Waals surface area (Å²) >= 11 is 0. The molecular formula is C26H36N2O4. The van der Waals surface area contributed by atoms with Crippen molar-refractivity contribution >= 4 is 11.8 Å². The molecule has 2 N–H and O–H groups in total. The Balaban J connectivity index is 1.37. The number of aryl methyl sites for hydroxylation is 2. The number of ether oxygens (including phenoxy) is 2. The topological polar surface area (TPSA) is 76.7 Å². The predicted molar refractivity (Wildman–Crippen MR) is 127 cm³/mol. The fourth-order valence-electron chi connectivity index (χ4n) is 3.22. The van der Waals surface area contributed by atoms with Gasteiger partial charge in [0, 0.05) is 13.1 Å². The third-order valence-corrected chi connectivity index (χ3v) is 4.97. The van der Waals surface area contributed by atoms with E-state index in [9.17, 15) is 9.59 Å². The van der Waals surface area contributed by atoms with Crippen molar-refractivity contribution < 1.29 is 19.1 Å². The van der Waals surface area contributed by atoms with Crippen LogP contribution in [0.25, 0.3) is 0 Å². The highest BCUT2D eigenvalue weighted by atomic mass is 16.5. The first kappa shape index (κ1) is 25.2. The molecule has 32 heavy (non-hydrogen) atoms. The van der Waals surface area contributed by atoms with E-state index in [1.807, 2.05) is 62.4 Å². The molecule has 174 valence electrons. The lowest BCUT2D eigenvalue weighted by Crippen LogP contribution is -2.29. The van der Waals surface area contributed by atoms with Gasteiger partial charge in [-0.15, -0.1) is 0 Å². The molecule has 0 fully saturated rings. The van der Waals surface area contributed by atoms with Gasteiger partial charge in [0.05, 0.1) is 0 Å². The van der Waals surface area contributed by atoms with Crippen LogP contribution in [-0.4, -0.2) is 38.1 Å². The third-order valence-electron chi connectivity index (χ3n) is 4.97. The average Bonchev–Trinajstić information content (AvgIpc) is 2.77. The van der Waals surface area contributed by atoms with Crippen molar-refractivity contribution in [3.8, 4) is 11.5 Å². The van der Waals surface area contributed by atoms with Crippen LogP contribution in [0.3, 0.4) is 0 Å². The van der Waals surface area contributed by atoms with E-state index in [1.165, 1.54) is 0 Å². The standard InChI is InChI=1S/C26H36N2O4/c1-21-11-9-13-23(17-21)31-19-25(29)27-15-7-5-3-4-6-8-16-28-26(30)20-32-24-14-10-12-22(2)18-24/h9-14,17-18H,3-8,15-16,19-20H2,1-2H3,(H,27,29)(H,28,30). The van der Waals surface area contributed by atoms with Gasteiger partial charge < -0.3 is 20.1 Å². The molecule has 0 aliphatic heterocycles. The molecule has 0 aliphatic rings. The second-order valence-corrected chi connectivity index (χ2v) is 8.03. The number of carbonyl (C=O) groups is 2. The molecule has 2 aromatic carbocycles. The van der Waals surface area contributed by atoms with Crippen LogP contribution < -0.4 is 20.1 Å². The van der Waals surface area contributed by atoms with Gasteiger partial charge in [-0.3, -0.25) is 9.59 Å². The van der Waals surface area contributed by atoms with Crippen molar-refractivity contribution in [3.05, 3.63) is 59.7 Å². The number of amides is 2. The molecule has 2 amide bonds. The van der Waals surface area contributed by atoms with E-state index >= 15 is 0 Å². The molecule has 0 atom stereocenters. The third kappa shape index (κ3) is 11.4. The molecule has 0 aliphatic carbocycles. The largest absolute Gasteiger partial charge is 0.484 e. The molecule has 0 spiro atoms. The van der Waals surface area contributed by atoms with Crippen LogP contribution in [-0.2, 0) is 9.59 Å². The summed E-state index contributed by atoms with van der Waals surface area (Å²) in [6.45, 7) is 5.42. The highest BCUT2D eigenvalue weighted by molar-refractivity contribution is 5.77. The Morgan fingerprint density at radius 2 is 1.06 bits per heavy atom. The van der Waals surface area contributed by atoms with E-state index in [-0.39, 0.29) is 25.0 Å². The van der Waals surface area contributed by atoms with Crippen LogP contribution in [0, 0.1) is 13.8 Å². The normalized spacial score (nSPS) is 10.4. The van der Waals surface area contributed by atoms with Crippen molar-refractivity contribution in [1.29, 1.82) is 0 Å². The summed E-state index contributed by atoms with van der Waals surface area (Å²) in [6.07, 6.45) is 6.33. The van der Waals surface area contributed by atoms with Crippen molar-refractivity contribution in [3.63, 3.8) is 0 Å². The van der Waals surface area contributed by atoms with E-state index in [0.717, 1.165) is 61.2 Å². The predicted octanol–water partition coefficient (Wildman–Crippen LogP) is 4.33. The monoisotopic (exact) mass is 440 g/mol. The molecule has 0 saturated carbocycles. The Kier molecular flexibility index (Phi) is 11.7. The SMILES string of the molecule is Cc1cccc(OCC(=O)NCCCCCCCCNC(=O)COc2cccc(C)c2)c1. The van der Waals surface area contributed by atoms with Gasteiger partial charge in [0.15, 0.2) is 13.2 Å². The van der Waals surface area contributed by atoms with Crippen LogP contribution in [0.5, 0.6) is 11.5 Å². The number of hydrogen-bond donors (Lipinski definition) is 2. The van der Waals surface area contributed by atoms with E-state index < -0.39 is 0 Å². The molecule has 0 unspecified atom stereocenters. The molecule has 2 rings (SSSR count). The highest BCUT2D eigenvalue weighted by Gasteiger charge is 2.04. The zero-order valence-electron chi connectivity index (χ0n) is 19.3. The number of hydrogen-bond acceptors (Lipinski definition) is 4. The Bertz CT molecular complexity index is 769. The second kappa shape index (κ2) is 14.9. The quantitative estimate of drug-likeness (QED) is 0.404. The van der Waals surface area contributed by atoms with E-state index in [0.29, 0.717) is 13.1 Å². The van der Waals surface area contributed by atoms with Gasteiger partial charge in [0.2, 0.25) is 0 Å². The van der Waals surface area contributed by atoms with Crippen LogP contribution >= 0.6 is 0 Å². The molecule has 0 aromatic heterocycles. The lowest BCUT2D eigenvalue weighted by atomic mass is 10.1. The Morgan fingerprint density at radius 1 is 0.656 bits per heavy atom. The fourth-order valence-corrected chi connectivity index (χ4v) is 3.22. The van der Waals surface area contributed by atoms with Crippen LogP contribution in [0.1, 0.15) is 49.7 Å². The zero-order chi connectivity index (χ0) is 23.0. The maximum absolute atomic E-state index is 11.8. The minimum absolute atomic E-state index is 0.0468. The minimum Gasteiger partial charge on any atom is -0.484 e. The summed E-state index contributed by atoms with van der Waals surface area (Å²) in [7, 11) is 0. The lowest BCUT2D eigenvalue weighted by molar-refractivity contribution is -0.123. The smallest absolute Gasteiger partial charge is 0.257 e. The Hall–Kier alpha value is -3.02. The summed E-state index contributed by atoms with van der Waals surface area (Å²) in [6, 6.07) is 15.3. The summed E-state index contributed by atoms with van der Waals surface area (Å²) < 4.78 is 11.0. The molecule has 6 nitrogen and oxygen atoms in total. The van der Waals surface area contributed by atoms with Gasteiger partial charge in [-0.1, -0.05) is 49.9 Å². The number of benzene rings is 2. The zero-order valence-corrected chi connectivity index (χ0v) is 19.3. The van der Waals surface area contributed by atoms with Crippen molar-refractivity contribution in [2.45, 2.75) is 52.4 Å². The number of rotatable bonds is 15. The number of nitrogens with one attached hydrogen (secondary N) is 2. The second-order valence-electron chi connectivity index (χ2n) is 8.03. The summed E-state index contributed by atoms with van der Waals surface area (Å²) in [4.78, 5) is 23.7. The van der Waals surface area contributed by atoms with Crippen molar-refractivity contribution in [1.82, 2.24) is 10.6 Å². The maximum Gasteiger partial charge on any atom is 0.257 e. The molecule has 0 radical (unpaired) electrons. The average molecular weight is 441 g/mol. The molecular weight excluding hydrogens is 404 g/mol. The minimum atomic E-state index is -0.0892. The molecule has 2 aromatic rings. The van der Waals surface area contributed by atoms with E-state index in [4.69, 9.17) is 9.47 Å². The Morgan fingerprint density at radius 3 is 1.47 bits per heavy atom. The van der Waals surface area contributed by atoms with E-state index in [2.05, 4.69) is 10.6 Å².